The molecule has 21 heavy (non-hydrogen) atoms. The van der Waals surface area contributed by atoms with Crippen molar-refractivity contribution in [2.45, 2.75) is 32.7 Å². The van der Waals surface area contributed by atoms with Crippen LogP contribution in [-0.4, -0.2) is 16.4 Å². The third kappa shape index (κ3) is 2.64. The van der Waals surface area contributed by atoms with Gasteiger partial charge < -0.3 is 4.74 Å². The highest BCUT2D eigenvalue weighted by Gasteiger charge is 2.37. The maximum atomic E-state index is 9.68. The van der Waals surface area contributed by atoms with Gasteiger partial charge >= 0.3 is 0 Å². The van der Waals surface area contributed by atoms with Crippen molar-refractivity contribution in [1.82, 2.24) is 9.78 Å². The van der Waals surface area contributed by atoms with Crippen LogP contribution in [0.5, 0.6) is 5.75 Å². The number of rotatable bonds is 3. The second kappa shape index (κ2) is 5.25. The number of nitriles is 1. The van der Waals surface area contributed by atoms with E-state index in [2.05, 4.69) is 25.0 Å². The molecule has 0 fully saturated rings. The Kier molecular flexibility index (Phi) is 3.42. The molecule has 0 aliphatic carbocycles. The summed E-state index contributed by atoms with van der Waals surface area (Å²) in [5.41, 5.74) is 1.53. The van der Waals surface area contributed by atoms with Crippen LogP contribution in [-0.2, 0) is 12.8 Å². The number of benzene rings is 1. The lowest BCUT2D eigenvalue weighted by Gasteiger charge is -2.31. The normalized spacial score (nSPS) is 20.7. The Bertz CT molecular complexity index is 683. The van der Waals surface area contributed by atoms with Crippen LogP contribution in [0.25, 0.3) is 0 Å². The molecule has 2 heterocycles. The Hall–Kier alpha value is -2.28. The Morgan fingerprint density at radius 2 is 2.19 bits per heavy atom. The van der Waals surface area contributed by atoms with Crippen LogP contribution in [0.2, 0.25) is 0 Å². The van der Waals surface area contributed by atoms with Crippen LogP contribution in [0.1, 0.15) is 31.1 Å². The molecule has 1 aliphatic rings. The predicted octanol–water partition coefficient (Wildman–Crippen LogP) is 3.15. The average Bonchev–Trinajstić information content (AvgIpc) is 2.95. The van der Waals surface area contributed by atoms with Crippen LogP contribution in [0, 0.1) is 16.7 Å². The number of hydrogen-bond donors (Lipinski definition) is 0. The zero-order chi connectivity index (χ0) is 14.9. The highest BCUT2D eigenvalue weighted by Crippen LogP contribution is 2.36. The van der Waals surface area contributed by atoms with Crippen LogP contribution in [0.15, 0.2) is 36.5 Å². The van der Waals surface area contributed by atoms with Gasteiger partial charge in [-0.05, 0) is 38.0 Å². The van der Waals surface area contributed by atoms with E-state index in [1.165, 1.54) is 0 Å². The number of ether oxygens (including phenoxy) is 1. The van der Waals surface area contributed by atoms with E-state index >= 15 is 0 Å². The summed E-state index contributed by atoms with van der Waals surface area (Å²) >= 11 is 0. The van der Waals surface area contributed by atoms with Crippen molar-refractivity contribution in [2.75, 3.05) is 6.61 Å². The van der Waals surface area contributed by atoms with Crippen LogP contribution in [0.3, 0.4) is 0 Å². The highest BCUT2D eigenvalue weighted by molar-refractivity contribution is 5.38. The molecule has 0 bridgehead atoms. The number of hydrogen-bond acceptors (Lipinski definition) is 3. The molecule has 0 amide bonds. The van der Waals surface area contributed by atoms with E-state index in [9.17, 15) is 5.26 Å². The van der Waals surface area contributed by atoms with Crippen LogP contribution >= 0.6 is 0 Å². The monoisotopic (exact) mass is 281 g/mol. The molecule has 0 N–H and O–H groups in total. The molecule has 1 aromatic heterocycles. The van der Waals surface area contributed by atoms with Gasteiger partial charge in [0.2, 0.25) is 0 Å². The zero-order valence-electron chi connectivity index (χ0n) is 12.4. The van der Waals surface area contributed by atoms with Gasteiger partial charge in [0.15, 0.2) is 0 Å². The van der Waals surface area contributed by atoms with Gasteiger partial charge in [0.05, 0.1) is 11.8 Å². The maximum absolute atomic E-state index is 9.68. The summed E-state index contributed by atoms with van der Waals surface area (Å²) in [6, 6.07) is 12.8. The van der Waals surface area contributed by atoms with Gasteiger partial charge in [-0.25, -0.2) is 0 Å². The second-order valence-corrected chi connectivity index (χ2v) is 6.02. The molecular weight excluding hydrogens is 262 g/mol. The molecule has 108 valence electrons. The zero-order valence-corrected chi connectivity index (χ0v) is 12.4. The Morgan fingerprint density at radius 1 is 1.38 bits per heavy atom. The van der Waals surface area contributed by atoms with Gasteiger partial charge in [-0.15, -0.1) is 0 Å². The third-order valence-electron chi connectivity index (χ3n) is 3.95. The lowest BCUT2D eigenvalue weighted by Crippen LogP contribution is -2.35. The smallest absolute Gasteiger partial charge is 0.122 e. The summed E-state index contributed by atoms with van der Waals surface area (Å²) in [5, 5.41) is 14.2. The topological polar surface area (TPSA) is 50.8 Å². The van der Waals surface area contributed by atoms with Gasteiger partial charge in [0.25, 0.3) is 0 Å². The molecule has 0 saturated heterocycles. The third-order valence-corrected chi connectivity index (χ3v) is 3.95. The minimum Gasteiger partial charge on any atom is -0.492 e. The first-order valence-electron chi connectivity index (χ1n) is 7.28. The molecule has 1 atom stereocenters. The number of fused-ring (bicyclic) bond motifs is 1. The van der Waals surface area contributed by atoms with Gasteiger partial charge in [-0.3, -0.25) is 4.68 Å². The molecule has 1 aromatic carbocycles. The number of para-hydroxylation sites is 1. The number of nitrogens with zero attached hydrogens (tertiary/aromatic N) is 3. The van der Waals surface area contributed by atoms with E-state index < -0.39 is 5.41 Å². The first-order chi connectivity index (χ1) is 10.1. The molecule has 2 aromatic rings. The van der Waals surface area contributed by atoms with Crippen molar-refractivity contribution in [3.05, 3.63) is 47.8 Å². The fraction of sp³-hybridized carbons (Fsp3) is 0.412. The van der Waals surface area contributed by atoms with Crippen molar-refractivity contribution in [3.8, 4) is 11.8 Å². The minimum atomic E-state index is -0.523. The molecule has 1 aliphatic heterocycles. The average molecular weight is 281 g/mol. The molecule has 0 radical (unpaired) electrons. The SMILES string of the molecule is CC(C)n1ccc(CC2(C#N)COc3ccccc3C2)n1. The van der Waals surface area contributed by atoms with E-state index in [0.717, 1.165) is 17.0 Å². The maximum Gasteiger partial charge on any atom is 0.122 e. The van der Waals surface area contributed by atoms with Gasteiger partial charge in [0, 0.05) is 18.7 Å². The minimum absolute atomic E-state index is 0.333. The quantitative estimate of drug-likeness (QED) is 0.868. The predicted molar refractivity (Wildman–Crippen MR) is 80.0 cm³/mol. The van der Waals surface area contributed by atoms with Gasteiger partial charge in [0.1, 0.15) is 17.8 Å². The Morgan fingerprint density at radius 3 is 2.90 bits per heavy atom. The lowest BCUT2D eigenvalue weighted by molar-refractivity contribution is 0.168. The Balaban J connectivity index is 1.84. The second-order valence-electron chi connectivity index (χ2n) is 6.02. The van der Waals surface area contributed by atoms with E-state index in [-0.39, 0.29) is 0 Å². The van der Waals surface area contributed by atoms with Crippen molar-refractivity contribution in [3.63, 3.8) is 0 Å². The van der Waals surface area contributed by atoms with E-state index in [4.69, 9.17) is 4.74 Å². The summed E-state index contributed by atoms with van der Waals surface area (Å²) in [4.78, 5) is 0. The summed E-state index contributed by atoms with van der Waals surface area (Å²) in [7, 11) is 0. The fourth-order valence-electron chi connectivity index (χ4n) is 2.75. The molecule has 4 heteroatoms. The summed E-state index contributed by atoms with van der Waals surface area (Å²) in [5.74, 6) is 0.899. The van der Waals surface area contributed by atoms with E-state index in [1.807, 2.05) is 41.2 Å². The van der Waals surface area contributed by atoms with Crippen molar-refractivity contribution in [2.24, 2.45) is 5.41 Å². The van der Waals surface area contributed by atoms with Gasteiger partial charge in [-0.1, -0.05) is 18.2 Å². The first kappa shape index (κ1) is 13.7. The molecule has 0 spiro atoms. The Labute approximate surface area is 125 Å². The largest absolute Gasteiger partial charge is 0.492 e. The molecule has 4 nitrogen and oxygen atoms in total. The lowest BCUT2D eigenvalue weighted by atomic mass is 9.78. The summed E-state index contributed by atoms with van der Waals surface area (Å²) < 4.78 is 7.73. The van der Waals surface area contributed by atoms with Crippen molar-refractivity contribution >= 4 is 0 Å². The van der Waals surface area contributed by atoms with Crippen LogP contribution in [0.4, 0.5) is 0 Å². The molecule has 1 unspecified atom stereocenters. The van der Waals surface area contributed by atoms with Crippen LogP contribution < -0.4 is 4.74 Å². The first-order valence-corrected chi connectivity index (χ1v) is 7.28. The van der Waals surface area contributed by atoms with Gasteiger partial charge in [-0.2, -0.15) is 10.4 Å². The number of aromatic nitrogens is 2. The standard InChI is InChI=1S/C17H19N3O/c1-13(2)20-8-7-15(19-20)10-17(11-18)9-14-5-3-4-6-16(14)21-12-17/h3-8,13H,9-10,12H2,1-2H3. The molecule has 3 rings (SSSR count). The van der Waals surface area contributed by atoms with Crippen molar-refractivity contribution in [1.29, 1.82) is 5.26 Å². The van der Waals surface area contributed by atoms with Crippen molar-refractivity contribution < 1.29 is 4.74 Å². The fourth-order valence-corrected chi connectivity index (χ4v) is 2.75. The summed E-state index contributed by atoms with van der Waals surface area (Å²) in [6.07, 6.45) is 3.31. The summed E-state index contributed by atoms with van der Waals surface area (Å²) in [6.45, 7) is 4.61. The van der Waals surface area contributed by atoms with E-state index in [1.54, 1.807) is 0 Å². The van der Waals surface area contributed by atoms with E-state index in [0.29, 0.717) is 25.5 Å². The molecule has 0 saturated carbocycles. The highest BCUT2D eigenvalue weighted by atomic mass is 16.5. The molecular formula is C17H19N3O.